The summed E-state index contributed by atoms with van der Waals surface area (Å²) in [5.74, 6) is 0. The summed E-state index contributed by atoms with van der Waals surface area (Å²) in [6.45, 7) is 4.37. The standard InChI is InChI=1S/C7H16N.Zr/c1-4-5-6-7(2)8-3;/h7H,4-6H2,1-3H3;/q-1;. The fourth-order valence-electron chi connectivity index (χ4n) is 0.629. The van der Waals surface area contributed by atoms with Gasteiger partial charge in [-0.25, -0.2) is 0 Å². The molecule has 1 nitrogen and oxygen atoms in total. The fraction of sp³-hybridized carbons (Fsp3) is 1.00. The van der Waals surface area contributed by atoms with Crippen LogP contribution in [0.15, 0.2) is 0 Å². The molecule has 0 amide bonds. The monoisotopic (exact) mass is 204 g/mol. The molecular weight excluding hydrogens is 189 g/mol. The van der Waals surface area contributed by atoms with E-state index in [1.54, 1.807) is 0 Å². The predicted molar refractivity (Wildman–Crippen MR) is 38.3 cm³/mol. The van der Waals surface area contributed by atoms with E-state index in [4.69, 9.17) is 0 Å². The molecule has 0 aliphatic heterocycles. The largest absolute Gasteiger partial charge is 0.662 e. The summed E-state index contributed by atoms with van der Waals surface area (Å²) >= 11 is 0. The van der Waals surface area contributed by atoms with Gasteiger partial charge in [0.05, 0.1) is 0 Å². The molecule has 0 bridgehead atoms. The summed E-state index contributed by atoms with van der Waals surface area (Å²) in [7, 11) is 1.89. The first-order chi connectivity index (χ1) is 3.81. The van der Waals surface area contributed by atoms with Crippen LogP contribution in [0.3, 0.4) is 0 Å². The number of hydrogen-bond donors (Lipinski definition) is 0. The molecule has 0 heterocycles. The van der Waals surface area contributed by atoms with E-state index in [9.17, 15) is 0 Å². The summed E-state index contributed by atoms with van der Waals surface area (Å²) in [5, 5.41) is 4.13. The topological polar surface area (TPSA) is 14.1 Å². The van der Waals surface area contributed by atoms with Crippen LogP contribution in [-0.2, 0) is 26.2 Å². The zero-order valence-corrected chi connectivity index (χ0v) is 9.10. The molecule has 0 N–H and O–H groups in total. The molecule has 0 saturated heterocycles. The van der Waals surface area contributed by atoms with Crippen LogP contribution in [0.2, 0.25) is 0 Å². The minimum absolute atomic E-state index is 0. The van der Waals surface area contributed by atoms with Gasteiger partial charge in [-0.15, -0.1) is 6.04 Å². The van der Waals surface area contributed by atoms with Crippen molar-refractivity contribution in [2.45, 2.75) is 39.2 Å². The third-order valence-electron chi connectivity index (χ3n) is 1.42. The molecule has 0 fully saturated rings. The molecule has 2 heteroatoms. The van der Waals surface area contributed by atoms with Gasteiger partial charge < -0.3 is 5.32 Å². The van der Waals surface area contributed by atoms with E-state index in [0.717, 1.165) is 0 Å². The Hall–Kier alpha value is 0.843. The Bertz CT molecular complexity index is 48.2. The number of hydrogen-bond acceptors (Lipinski definition) is 0. The summed E-state index contributed by atoms with van der Waals surface area (Å²) in [5.41, 5.74) is 0. The molecule has 1 atom stereocenters. The van der Waals surface area contributed by atoms with Crippen molar-refractivity contribution in [3.63, 3.8) is 0 Å². The number of rotatable bonds is 4. The van der Waals surface area contributed by atoms with Crippen molar-refractivity contribution in [2.75, 3.05) is 7.05 Å². The molecule has 9 heavy (non-hydrogen) atoms. The van der Waals surface area contributed by atoms with E-state index in [1.165, 1.54) is 19.3 Å². The Kier molecular flexibility index (Phi) is 12.3. The van der Waals surface area contributed by atoms with Crippen molar-refractivity contribution < 1.29 is 26.2 Å². The van der Waals surface area contributed by atoms with Crippen molar-refractivity contribution in [3.8, 4) is 0 Å². The molecule has 0 rings (SSSR count). The Labute approximate surface area is 77.7 Å². The number of unbranched alkanes of at least 4 members (excludes halogenated alkanes) is 1. The second kappa shape index (κ2) is 8.84. The minimum atomic E-state index is 0. The first-order valence-corrected chi connectivity index (χ1v) is 3.40. The maximum absolute atomic E-state index is 4.13. The van der Waals surface area contributed by atoms with Gasteiger partial charge in [0.25, 0.3) is 0 Å². The van der Waals surface area contributed by atoms with Gasteiger partial charge in [-0.05, 0) is 0 Å². The van der Waals surface area contributed by atoms with E-state index in [0.29, 0.717) is 6.04 Å². The van der Waals surface area contributed by atoms with Gasteiger partial charge in [0.1, 0.15) is 0 Å². The Morgan fingerprint density at radius 3 is 2.33 bits per heavy atom. The van der Waals surface area contributed by atoms with Gasteiger partial charge >= 0.3 is 0 Å². The third kappa shape index (κ3) is 8.84. The molecular formula is C7H16NZr-. The average molecular weight is 205 g/mol. The van der Waals surface area contributed by atoms with Crippen LogP contribution in [0.4, 0.5) is 0 Å². The zero-order valence-electron chi connectivity index (χ0n) is 6.65. The van der Waals surface area contributed by atoms with Crippen LogP contribution in [-0.4, -0.2) is 13.1 Å². The molecule has 0 radical (unpaired) electrons. The van der Waals surface area contributed by atoms with Gasteiger partial charge in [0.2, 0.25) is 0 Å². The summed E-state index contributed by atoms with van der Waals surface area (Å²) in [6.07, 6.45) is 3.87. The van der Waals surface area contributed by atoms with Crippen molar-refractivity contribution in [1.29, 1.82) is 0 Å². The maximum Gasteiger partial charge on any atom is 0 e. The van der Waals surface area contributed by atoms with Gasteiger partial charge in [-0.1, -0.05) is 33.1 Å². The quantitative estimate of drug-likeness (QED) is 0.670. The SMILES string of the molecule is CCCCC(C)[N-]C.[Zr]. The second-order valence-corrected chi connectivity index (χ2v) is 2.25. The first-order valence-electron chi connectivity index (χ1n) is 3.40. The van der Waals surface area contributed by atoms with E-state index < -0.39 is 0 Å². The molecule has 0 aromatic rings. The molecule has 54 valence electrons. The van der Waals surface area contributed by atoms with Crippen molar-refractivity contribution in [2.24, 2.45) is 0 Å². The Morgan fingerprint density at radius 2 is 2.00 bits per heavy atom. The molecule has 0 aromatic carbocycles. The van der Waals surface area contributed by atoms with E-state index in [-0.39, 0.29) is 26.2 Å². The molecule has 1 unspecified atom stereocenters. The van der Waals surface area contributed by atoms with E-state index >= 15 is 0 Å². The van der Waals surface area contributed by atoms with Crippen LogP contribution in [0, 0.1) is 0 Å². The van der Waals surface area contributed by atoms with Crippen LogP contribution in [0.1, 0.15) is 33.1 Å². The van der Waals surface area contributed by atoms with Gasteiger partial charge in [0.15, 0.2) is 0 Å². The Balaban J connectivity index is 0. The summed E-state index contributed by atoms with van der Waals surface area (Å²) < 4.78 is 0. The zero-order chi connectivity index (χ0) is 6.41. The predicted octanol–water partition coefficient (Wildman–Crippen LogP) is 2.57. The molecule has 0 aliphatic rings. The summed E-state index contributed by atoms with van der Waals surface area (Å²) in [6, 6.07) is 0.579. The smallest absolute Gasteiger partial charge is 0 e. The maximum atomic E-state index is 4.13. The average Bonchev–Trinajstić information content (AvgIpc) is 1.83. The minimum Gasteiger partial charge on any atom is -0.662 e. The fourth-order valence-corrected chi connectivity index (χ4v) is 0.629. The third-order valence-corrected chi connectivity index (χ3v) is 1.42. The second-order valence-electron chi connectivity index (χ2n) is 2.25. The van der Waals surface area contributed by atoms with Crippen LogP contribution in [0.5, 0.6) is 0 Å². The van der Waals surface area contributed by atoms with Crippen LogP contribution >= 0.6 is 0 Å². The molecule has 0 aromatic heterocycles. The van der Waals surface area contributed by atoms with E-state index in [2.05, 4.69) is 19.2 Å². The van der Waals surface area contributed by atoms with Gasteiger partial charge in [0, 0.05) is 26.2 Å². The molecule has 0 saturated carbocycles. The molecule has 0 spiro atoms. The van der Waals surface area contributed by atoms with Crippen LogP contribution in [0.25, 0.3) is 5.32 Å². The van der Waals surface area contributed by atoms with Crippen molar-refractivity contribution >= 4 is 0 Å². The summed E-state index contributed by atoms with van der Waals surface area (Å²) in [4.78, 5) is 0. The Morgan fingerprint density at radius 1 is 1.44 bits per heavy atom. The van der Waals surface area contributed by atoms with Crippen molar-refractivity contribution in [1.82, 2.24) is 0 Å². The first kappa shape index (κ1) is 12.5. The normalized spacial score (nSPS) is 12.3. The van der Waals surface area contributed by atoms with Crippen molar-refractivity contribution in [3.05, 3.63) is 5.32 Å². The molecule has 0 aliphatic carbocycles. The van der Waals surface area contributed by atoms with Gasteiger partial charge in [-0.3, -0.25) is 0 Å². The number of nitrogens with zero attached hydrogens (tertiary/aromatic N) is 1. The van der Waals surface area contributed by atoms with Crippen LogP contribution < -0.4 is 0 Å². The van der Waals surface area contributed by atoms with Gasteiger partial charge in [-0.2, -0.15) is 7.05 Å². The van der Waals surface area contributed by atoms with E-state index in [1.807, 2.05) is 7.05 Å².